The lowest BCUT2D eigenvalue weighted by molar-refractivity contribution is -0.123. The first-order valence-electron chi connectivity index (χ1n) is 12.3. The number of thioether (sulfide) groups is 1. The molecule has 9 nitrogen and oxygen atoms in total. The van der Waals surface area contributed by atoms with E-state index in [4.69, 9.17) is 30.5 Å². The van der Waals surface area contributed by atoms with Crippen molar-refractivity contribution in [2.75, 3.05) is 25.8 Å². The number of ether oxygens (including phenoxy) is 4. The van der Waals surface area contributed by atoms with Crippen molar-refractivity contribution in [3.05, 3.63) is 79.1 Å². The number of amides is 3. The third kappa shape index (κ3) is 6.32. The summed E-state index contributed by atoms with van der Waals surface area (Å²) >= 11 is 10.6. The highest BCUT2D eigenvalue weighted by Crippen LogP contribution is 2.40. The van der Waals surface area contributed by atoms with Crippen molar-refractivity contribution in [3.8, 4) is 23.0 Å². The molecule has 12 heteroatoms. The van der Waals surface area contributed by atoms with Gasteiger partial charge in [-0.2, -0.15) is 0 Å². The van der Waals surface area contributed by atoms with Gasteiger partial charge in [-0.1, -0.05) is 17.7 Å². The molecule has 0 atom stereocenters. The Balaban J connectivity index is 1.25. The van der Waals surface area contributed by atoms with Crippen molar-refractivity contribution in [1.82, 2.24) is 4.90 Å². The molecule has 0 spiro atoms. The van der Waals surface area contributed by atoms with Gasteiger partial charge >= 0.3 is 0 Å². The first-order chi connectivity index (χ1) is 19.6. The molecule has 0 aromatic heterocycles. The Labute approximate surface area is 253 Å². The number of halogens is 2. The summed E-state index contributed by atoms with van der Waals surface area (Å²) in [6.07, 6.45) is 1.60. The zero-order valence-corrected chi connectivity index (χ0v) is 25.4. The van der Waals surface area contributed by atoms with Crippen molar-refractivity contribution in [2.24, 2.45) is 0 Å². The van der Waals surface area contributed by atoms with Gasteiger partial charge in [0.25, 0.3) is 17.1 Å². The summed E-state index contributed by atoms with van der Waals surface area (Å²) in [7, 11) is 1.47. The number of fused-ring (bicyclic) bond motifs is 1. The number of methoxy groups -OCH3 is 1. The molecule has 41 heavy (non-hydrogen) atoms. The van der Waals surface area contributed by atoms with Crippen LogP contribution >= 0.6 is 39.3 Å². The lowest BCUT2D eigenvalue weighted by atomic mass is 10.1. The molecule has 5 rings (SSSR count). The second kappa shape index (κ2) is 12.1. The molecule has 2 aliphatic rings. The molecule has 3 aromatic carbocycles. The highest BCUT2D eigenvalue weighted by molar-refractivity contribution is 9.10. The number of hydrogen-bond acceptors (Lipinski definition) is 8. The maximum Gasteiger partial charge on any atom is 0.293 e. The van der Waals surface area contributed by atoms with Crippen LogP contribution in [0.5, 0.6) is 23.0 Å². The number of imide groups is 1. The Morgan fingerprint density at radius 2 is 1.83 bits per heavy atom. The number of anilines is 1. The molecule has 1 saturated heterocycles. The molecule has 0 radical (unpaired) electrons. The van der Waals surface area contributed by atoms with Crippen LogP contribution in [0.1, 0.15) is 22.3 Å². The highest BCUT2D eigenvalue weighted by atomic mass is 79.9. The maximum absolute atomic E-state index is 13.1. The molecule has 212 valence electrons. The summed E-state index contributed by atoms with van der Waals surface area (Å²) < 4.78 is 22.6. The average molecular weight is 660 g/mol. The Morgan fingerprint density at radius 1 is 1.10 bits per heavy atom. The fourth-order valence-electron chi connectivity index (χ4n) is 4.14. The highest BCUT2D eigenvalue weighted by Gasteiger charge is 2.36. The van der Waals surface area contributed by atoms with Gasteiger partial charge in [0.1, 0.15) is 0 Å². The van der Waals surface area contributed by atoms with Crippen molar-refractivity contribution in [1.29, 1.82) is 0 Å². The summed E-state index contributed by atoms with van der Waals surface area (Å²) in [5.41, 5.74) is 3.99. The van der Waals surface area contributed by atoms with Crippen LogP contribution < -0.4 is 24.3 Å². The van der Waals surface area contributed by atoms with E-state index in [1.165, 1.54) is 7.11 Å². The zero-order valence-electron chi connectivity index (χ0n) is 22.2. The Kier molecular flexibility index (Phi) is 8.48. The summed E-state index contributed by atoms with van der Waals surface area (Å²) in [5, 5.41) is 2.79. The largest absolute Gasteiger partial charge is 0.493 e. The van der Waals surface area contributed by atoms with E-state index in [-0.39, 0.29) is 30.8 Å². The van der Waals surface area contributed by atoms with Gasteiger partial charge in [-0.3, -0.25) is 19.3 Å². The van der Waals surface area contributed by atoms with Gasteiger partial charge in [0.15, 0.2) is 29.6 Å². The topological polar surface area (TPSA) is 103 Å². The van der Waals surface area contributed by atoms with E-state index in [0.29, 0.717) is 44.8 Å². The molecular formula is C29H24BrClN2O7S. The van der Waals surface area contributed by atoms with Crippen LogP contribution in [0.3, 0.4) is 0 Å². The zero-order chi connectivity index (χ0) is 29.3. The maximum atomic E-state index is 13.1. The fraction of sp³-hybridized carbons (Fsp3) is 0.207. The van der Waals surface area contributed by atoms with E-state index < -0.39 is 11.1 Å². The predicted octanol–water partition coefficient (Wildman–Crippen LogP) is 6.71. The van der Waals surface area contributed by atoms with Gasteiger partial charge in [-0.05, 0) is 100 Å². The van der Waals surface area contributed by atoms with E-state index in [1.807, 2.05) is 26.0 Å². The number of carbonyl (C=O) groups excluding carboxylic acids is 3. The van der Waals surface area contributed by atoms with Gasteiger partial charge < -0.3 is 24.3 Å². The van der Waals surface area contributed by atoms with Crippen molar-refractivity contribution in [2.45, 2.75) is 20.4 Å². The smallest absolute Gasteiger partial charge is 0.293 e. The van der Waals surface area contributed by atoms with Crippen molar-refractivity contribution >= 4 is 68.1 Å². The van der Waals surface area contributed by atoms with E-state index in [9.17, 15) is 14.4 Å². The van der Waals surface area contributed by atoms with E-state index >= 15 is 0 Å². The quantitative estimate of drug-likeness (QED) is 0.266. The second-order valence-electron chi connectivity index (χ2n) is 9.23. The molecule has 2 heterocycles. The fourth-order valence-corrected chi connectivity index (χ4v) is 5.75. The van der Waals surface area contributed by atoms with Gasteiger partial charge in [0, 0.05) is 15.6 Å². The molecule has 0 aliphatic carbocycles. The normalized spacial score (nSPS) is 15.0. The molecule has 0 saturated carbocycles. The molecule has 0 bridgehead atoms. The predicted molar refractivity (Wildman–Crippen MR) is 160 cm³/mol. The third-order valence-corrected chi connectivity index (χ3v) is 8.36. The minimum Gasteiger partial charge on any atom is -0.493 e. The van der Waals surface area contributed by atoms with Crippen LogP contribution in [0.2, 0.25) is 5.02 Å². The van der Waals surface area contributed by atoms with Crippen LogP contribution in [0, 0.1) is 13.8 Å². The van der Waals surface area contributed by atoms with Gasteiger partial charge in [0.2, 0.25) is 6.79 Å². The number of benzene rings is 3. The first kappa shape index (κ1) is 28.8. The Morgan fingerprint density at radius 3 is 2.59 bits per heavy atom. The molecule has 1 N–H and O–H groups in total. The van der Waals surface area contributed by atoms with Crippen molar-refractivity contribution in [3.63, 3.8) is 0 Å². The van der Waals surface area contributed by atoms with Gasteiger partial charge in [-0.25, -0.2) is 0 Å². The number of nitrogens with zero attached hydrogens (tertiary/aromatic N) is 1. The minimum absolute atomic E-state index is 0.00558. The minimum atomic E-state index is -0.442. The number of rotatable bonds is 8. The Hall–Kier alpha value is -3.67. The van der Waals surface area contributed by atoms with E-state index in [0.717, 1.165) is 32.3 Å². The van der Waals surface area contributed by atoms with Gasteiger partial charge in [-0.15, -0.1) is 0 Å². The lowest BCUT2D eigenvalue weighted by Crippen LogP contribution is -2.27. The number of aryl methyl sites for hydroxylation is 2. The third-order valence-electron chi connectivity index (χ3n) is 6.45. The monoisotopic (exact) mass is 658 g/mol. The SMILES string of the molecule is COc1cc(/C=C2\SC(=O)N(Cc3cc4c(cc3Cl)OCO4)C2=O)ccc1OCC(=O)Nc1cc(C)c(C)cc1Br. The molecule has 2 aliphatic heterocycles. The first-order valence-corrected chi connectivity index (χ1v) is 14.3. The summed E-state index contributed by atoms with van der Waals surface area (Å²) in [4.78, 5) is 39.7. The van der Waals surface area contributed by atoms with Crippen LogP contribution in [-0.2, 0) is 16.1 Å². The number of nitrogens with one attached hydrogen (secondary N) is 1. The van der Waals surface area contributed by atoms with E-state index in [1.54, 1.807) is 36.4 Å². The summed E-state index contributed by atoms with van der Waals surface area (Å²) in [6, 6.07) is 12.1. The molecule has 0 unspecified atom stereocenters. The van der Waals surface area contributed by atoms with Gasteiger partial charge in [0.05, 0.1) is 24.2 Å². The summed E-state index contributed by atoms with van der Waals surface area (Å²) in [5.74, 6) is 0.967. The van der Waals surface area contributed by atoms with Crippen LogP contribution in [0.25, 0.3) is 6.08 Å². The number of carbonyl (C=O) groups is 3. The average Bonchev–Trinajstić information content (AvgIpc) is 3.49. The van der Waals surface area contributed by atoms with Crippen molar-refractivity contribution < 1.29 is 33.3 Å². The Bertz CT molecular complexity index is 1610. The van der Waals surface area contributed by atoms with E-state index in [2.05, 4.69) is 21.2 Å². The molecule has 1 fully saturated rings. The second-order valence-corrected chi connectivity index (χ2v) is 11.5. The lowest BCUT2D eigenvalue weighted by Gasteiger charge is -2.14. The molecular weight excluding hydrogens is 636 g/mol. The van der Waals surface area contributed by atoms with Crippen LogP contribution in [-0.4, -0.2) is 42.5 Å². The molecule has 3 amide bonds. The van der Waals surface area contributed by atoms with Crippen LogP contribution in [0.4, 0.5) is 10.5 Å². The molecule has 3 aromatic rings. The van der Waals surface area contributed by atoms with Crippen LogP contribution in [0.15, 0.2) is 51.8 Å². The summed E-state index contributed by atoms with van der Waals surface area (Å²) in [6.45, 7) is 3.80. The number of hydrogen-bond donors (Lipinski definition) is 1. The standard InChI is InChI=1S/C29H24BrClN2O7S/c1-15-6-19(30)21(7-16(15)2)32-27(34)13-38-22-5-4-17(8-23(22)37-3)9-26-28(35)33(29(36)41-26)12-18-10-24-25(11-20(18)31)40-14-39-24/h4-11H,12-14H2,1-3H3,(H,32,34)/b26-9-.